The van der Waals surface area contributed by atoms with Gasteiger partial charge in [-0.15, -0.1) is 0 Å². The number of hydrogen-bond donors (Lipinski definition) is 0. The first-order valence-electron chi connectivity index (χ1n) is 22.8. The van der Waals surface area contributed by atoms with Crippen LogP contribution in [0.3, 0.4) is 0 Å². The molecule has 8 rings (SSSR count). The molecule has 4 atom stereocenters. The molecule has 6 aromatic rings. The molecule has 344 valence electrons. The molecule has 0 spiro atoms. The maximum atomic E-state index is 12.7. The maximum absolute atomic E-state index is 12.7. The molecule has 66 heavy (non-hydrogen) atoms. The lowest BCUT2D eigenvalue weighted by Crippen LogP contribution is -2.59. The predicted molar refractivity (Wildman–Crippen MR) is 258 cm³/mol. The summed E-state index contributed by atoms with van der Waals surface area (Å²) in [5.74, 6) is -2.79. The zero-order valence-corrected chi connectivity index (χ0v) is 41.0. The zero-order chi connectivity index (χ0) is 48.0. The molecule has 0 bridgehead atoms. The van der Waals surface area contributed by atoms with Crippen LogP contribution in [0.5, 0.6) is 0 Å². The van der Waals surface area contributed by atoms with Gasteiger partial charge >= 0.3 is 0 Å². The van der Waals surface area contributed by atoms with Crippen LogP contribution in [-0.2, 0) is 38.0 Å². The van der Waals surface area contributed by atoms with E-state index >= 15 is 0 Å². The van der Waals surface area contributed by atoms with Gasteiger partial charge < -0.3 is 18.8 Å². The van der Waals surface area contributed by atoms with Crippen LogP contribution in [-0.4, -0.2) is 61.1 Å². The molecule has 12 nitrogen and oxygen atoms in total. The maximum Gasteiger partial charge on any atom is 0.286 e. The van der Waals surface area contributed by atoms with Crippen molar-refractivity contribution in [2.45, 2.75) is 108 Å². The van der Waals surface area contributed by atoms with Gasteiger partial charge in [-0.3, -0.25) is 19.2 Å². The van der Waals surface area contributed by atoms with Crippen LogP contribution in [0.2, 0.25) is 11.6 Å². The highest BCUT2D eigenvalue weighted by Crippen LogP contribution is 2.31. The first-order chi connectivity index (χ1) is 31.2. The van der Waals surface area contributed by atoms with E-state index in [1.54, 1.807) is 0 Å². The van der Waals surface area contributed by atoms with Gasteiger partial charge in [-0.2, -0.15) is 0 Å². The molecule has 2 aromatic heterocycles. The Hall–Kier alpha value is -6.69. The van der Waals surface area contributed by atoms with Crippen LogP contribution >= 0.6 is 0 Å². The molecule has 0 saturated carbocycles. The second kappa shape index (κ2) is 18.7. The summed E-state index contributed by atoms with van der Waals surface area (Å²) in [6.45, 7) is 21.3. The number of nitrogens with zero attached hydrogens (tertiary/aromatic N) is 4. The highest BCUT2D eigenvalue weighted by molar-refractivity contribution is 6.73. The van der Waals surface area contributed by atoms with Gasteiger partial charge in [-0.25, -0.2) is 18.3 Å². The van der Waals surface area contributed by atoms with Crippen molar-refractivity contribution >= 4 is 49.2 Å². The van der Waals surface area contributed by atoms with E-state index in [0.29, 0.717) is 0 Å². The predicted octanol–water partition coefficient (Wildman–Crippen LogP) is 6.05. The van der Waals surface area contributed by atoms with Crippen LogP contribution in [0.4, 0.5) is 0 Å². The molecule has 0 N–H and O–H groups in total. The smallest absolute Gasteiger partial charge is 0.286 e. The molecule has 2 aliphatic rings. The fourth-order valence-corrected chi connectivity index (χ4v) is 11.2. The Morgan fingerprint density at radius 3 is 1.05 bits per heavy atom. The fourth-order valence-electron chi connectivity index (χ4n) is 11.2. The number of rotatable bonds is 8. The first-order valence-corrected chi connectivity index (χ1v) is 22.8. The summed E-state index contributed by atoms with van der Waals surface area (Å²) in [7, 11) is 2.72. The van der Waals surface area contributed by atoms with Crippen LogP contribution in [0.25, 0.3) is 22.7 Å². The molecule has 14 heteroatoms. The third kappa shape index (κ3) is 8.85. The highest BCUT2D eigenvalue weighted by Gasteiger charge is 2.45. The minimum absolute atomic E-state index is 0.0373. The van der Waals surface area contributed by atoms with E-state index in [0.717, 1.165) is 78.7 Å². The lowest BCUT2D eigenvalue weighted by atomic mass is 9.55. The third-order valence-electron chi connectivity index (χ3n) is 13.4. The second-order valence-electron chi connectivity index (χ2n) is 18.8. The molecule has 0 aliphatic carbocycles. The second-order valence-corrected chi connectivity index (χ2v) is 18.8. The molecular formula is C52H62B2N4O8. The van der Waals surface area contributed by atoms with Crippen LogP contribution in [0.1, 0.15) is 79.6 Å². The van der Waals surface area contributed by atoms with Crippen molar-refractivity contribution in [1.82, 2.24) is 9.13 Å². The number of benzene rings is 4. The minimum Gasteiger partial charge on any atom is -0.680 e. The van der Waals surface area contributed by atoms with E-state index in [-0.39, 0.29) is 24.8 Å². The number of carbonyl (C=O) groups excluding carboxylic acids is 4. The summed E-state index contributed by atoms with van der Waals surface area (Å²) in [5, 5.41) is 0. The Morgan fingerprint density at radius 1 is 0.500 bits per heavy atom. The molecule has 2 fully saturated rings. The van der Waals surface area contributed by atoms with Crippen molar-refractivity contribution in [2.75, 3.05) is 14.2 Å². The van der Waals surface area contributed by atoms with Crippen molar-refractivity contribution in [3.8, 4) is 22.7 Å². The van der Waals surface area contributed by atoms with Gasteiger partial charge in [0.25, 0.3) is 37.7 Å². The van der Waals surface area contributed by atoms with Gasteiger partial charge in [-0.1, -0.05) is 70.8 Å². The largest absolute Gasteiger partial charge is 0.680 e. The standard InChI is InChI=1S/2C26H31BN2O4/c2*1-15-10-17(3)23(18(4)11-15)28-8-9-29(24-19(5)12-16(2)13-20(24)6)26(28)27-21(25(31)32-7)14-22(30)33-27/h2*8-13,21,27H,14H2,1-7H3/t2*21-,27+/m10/s1. The number of methoxy groups -OCH3 is 2. The van der Waals surface area contributed by atoms with E-state index < -0.39 is 37.4 Å². The molecule has 2 aliphatic heterocycles. The average Bonchev–Trinajstić information content (AvgIpc) is 4.01. The molecule has 0 radical (unpaired) electrons. The highest BCUT2D eigenvalue weighted by atomic mass is 16.5. The normalized spacial score (nSPS) is 17.8. The Labute approximate surface area is 388 Å². The van der Waals surface area contributed by atoms with Crippen molar-refractivity contribution in [1.29, 1.82) is 0 Å². The first kappa shape index (κ1) is 47.3. The molecule has 0 amide bonds. The summed E-state index contributed by atoms with van der Waals surface area (Å²) in [6.07, 6.45) is 8.10. The Morgan fingerprint density at radius 2 is 0.773 bits per heavy atom. The quantitative estimate of drug-likeness (QED) is 0.0784. The van der Waals surface area contributed by atoms with Gasteiger partial charge in [0.2, 0.25) is 0 Å². The van der Waals surface area contributed by atoms with Gasteiger partial charge in [-0.05, 0) is 139 Å². The summed E-state index contributed by atoms with van der Waals surface area (Å²) < 4.78 is 30.2. The van der Waals surface area contributed by atoms with Crippen LogP contribution < -0.4 is 20.6 Å². The van der Waals surface area contributed by atoms with Crippen molar-refractivity contribution < 1.29 is 47.1 Å². The topological polar surface area (TPSA) is 123 Å². The van der Waals surface area contributed by atoms with Crippen LogP contribution in [0, 0.1) is 83.1 Å². The molecule has 4 heterocycles. The zero-order valence-electron chi connectivity index (χ0n) is 41.0. The van der Waals surface area contributed by atoms with Gasteiger partial charge in [0.15, 0.2) is 0 Å². The van der Waals surface area contributed by atoms with E-state index in [2.05, 4.69) is 150 Å². The van der Waals surface area contributed by atoms with Crippen molar-refractivity contribution in [2.24, 2.45) is 0 Å². The Balaban J connectivity index is 0.000000196. The molecule has 2 saturated heterocycles. The number of hydrogen-bond acceptors (Lipinski definition) is 8. The summed E-state index contributed by atoms with van der Waals surface area (Å²) >= 11 is 0. The molecule has 0 unspecified atom stereocenters. The number of aryl methyl sites for hydroxylation is 12. The van der Waals surface area contributed by atoms with Crippen molar-refractivity contribution in [3.05, 3.63) is 140 Å². The third-order valence-corrected chi connectivity index (χ3v) is 13.4. The summed E-state index contributed by atoms with van der Waals surface area (Å²) in [4.78, 5) is 50.1. The van der Waals surface area contributed by atoms with E-state index in [1.165, 1.54) is 36.5 Å². The average molecular weight is 893 g/mol. The lowest BCUT2D eigenvalue weighted by molar-refractivity contribution is -0.577. The number of carbonyl (C=O) groups is 4. The number of ether oxygens (including phenoxy) is 2. The van der Waals surface area contributed by atoms with Crippen LogP contribution in [0.15, 0.2) is 73.3 Å². The Kier molecular flexibility index (Phi) is 13.4. The SMILES string of the molecule is COC(=O)[C@@H]1CC(=O)O[B@H-]1c1n(-c2c(C)cc(C)cc2C)cc[n+]1-c1c(C)cc(C)cc1C.COC(=O)[C@H]1CC(=O)O[B@@H-]1c1n(-c2c(C)cc(C)cc2C)cc[n+]1-c1c(C)cc(C)cc1C. The monoisotopic (exact) mass is 892 g/mol. The van der Waals surface area contributed by atoms with Crippen molar-refractivity contribution in [3.63, 3.8) is 0 Å². The van der Waals surface area contributed by atoms with E-state index in [9.17, 15) is 19.2 Å². The van der Waals surface area contributed by atoms with E-state index in [4.69, 9.17) is 18.8 Å². The van der Waals surface area contributed by atoms with Gasteiger partial charge in [0.05, 0.1) is 14.2 Å². The summed E-state index contributed by atoms with van der Waals surface area (Å²) in [5.41, 5.74) is 19.5. The number of esters is 2. The van der Waals surface area contributed by atoms with E-state index in [1.807, 2.05) is 24.8 Å². The molecule has 4 aromatic carbocycles. The summed E-state index contributed by atoms with van der Waals surface area (Å²) in [6, 6.07) is 17.2. The van der Waals surface area contributed by atoms with Gasteiger partial charge in [0, 0.05) is 12.8 Å². The lowest BCUT2D eigenvalue weighted by Gasteiger charge is -2.23. The fraction of sp³-hybridized carbons (Fsp3) is 0.346. The Bertz CT molecular complexity index is 2510. The van der Waals surface area contributed by atoms with Gasteiger partial charge in [0.1, 0.15) is 59.0 Å². The molecular weight excluding hydrogens is 830 g/mol. The number of imidazole rings is 2. The minimum atomic E-state index is -1.84. The number of aromatic nitrogens is 4.